The molecule has 1 N–H and O–H groups in total. The van der Waals surface area contributed by atoms with E-state index in [4.69, 9.17) is 21.3 Å². The van der Waals surface area contributed by atoms with E-state index >= 15 is 0 Å². The molecule has 25 heavy (non-hydrogen) atoms. The molecule has 0 bridgehead atoms. The molecule has 1 saturated heterocycles. The van der Waals surface area contributed by atoms with Crippen LogP contribution in [0.25, 0.3) is 0 Å². The third-order valence-corrected chi connectivity index (χ3v) is 5.88. The summed E-state index contributed by atoms with van der Waals surface area (Å²) < 4.78 is 5.29. The number of fused-ring (bicyclic) bond motifs is 1. The Labute approximate surface area is 155 Å². The van der Waals surface area contributed by atoms with Crippen molar-refractivity contribution in [3.63, 3.8) is 0 Å². The number of hydrogen-bond acceptors (Lipinski definition) is 6. The standard InChI is InChI=1S/C18H18ClN3O2S/c1-10-9-22-16(11-7-12(19)17(23)14(8-11)24-2)15(21-18(22)25-10)13-5-3-4-6-20-13/h3-8,10,15-16,23H,9H2,1-2H3/t10-,15-,16-/m1/s1. The SMILES string of the molecule is COc1cc([C@@H]2[C@@H](c3ccccn3)N=C3S[C@H](C)CN32)cc(Cl)c1O. The van der Waals surface area contributed by atoms with Crippen LogP contribution in [0.15, 0.2) is 41.5 Å². The molecule has 2 aliphatic heterocycles. The molecule has 2 aliphatic rings. The number of hydrogen-bond donors (Lipinski definition) is 1. The predicted octanol–water partition coefficient (Wildman–Crippen LogP) is 4.04. The van der Waals surface area contributed by atoms with E-state index in [9.17, 15) is 5.11 Å². The van der Waals surface area contributed by atoms with Crippen molar-refractivity contribution in [3.05, 3.63) is 52.8 Å². The molecule has 7 heteroatoms. The number of ether oxygens (including phenoxy) is 1. The summed E-state index contributed by atoms with van der Waals surface area (Å²) in [5.41, 5.74) is 1.88. The topological polar surface area (TPSA) is 58.0 Å². The lowest BCUT2D eigenvalue weighted by atomic mass is 9.96. The second kappa shape index (κ2) is 6.42. The van der Waals surface area contributed by atoms with Gasteiger partial charge in [-0.25, -0.2) is 0 Å². The summed E-state index contributed by atoms with van der Waals surface area (Å²) in [5.74, 6) is 0.334. The van der Waals surface area contributed by atoms with Gasteiger partial charge >= 0.3 is 0 Å². The highest BCUT2D eigenvalue weighted by molar-refractivity contribution is 8.14. The Hall–Kier alpha value is -1.92. The highest BCUT2D eigenvalue weighted by atomic mass is 35.5. The molecule has 0 amide bonds. The summed E-state index contributed by atoms with van der Waals surface area (Å²) in [7, 11) is 1.52. The van der Waals surface area contributed by atoms with Crippen LogP contribution in [0.3, 0.4) is 0 Å². The number of rotatable bonds is 3. The normalized spacial score (nSPS) is 25.0. The van der Waals surface area contributed by atoms with Crippen LogP contribution < -0.4 is 4.74 Å². The zero-order valence-electron chi connectivity index (χ0n) is 13.9. The molecule has 0 radical (unpaired) electrons. The molecule has 1 aromatic heterocycles. The highest BCUT2D eigenvalue weighted by Gasteiger charge is 2.43. The maximum atomic E-state index is 10.1. The number of halogens is 1. The molecule has 0 aliphatic carbocycles. The van der Waals surface area contributed by atoms with E-state index in [0.717, 1.165) is 23.0 Å². The van der Waals surface area contributed by atoms with Crippen molar-refractivity contribution in [2.24, 2.45) is 4.99 Å². The number of amidine groups is 1. The second-order valence-electron chi connectivity index (χ2n) is 6.19. The van der Waals surface area contributed by atoms with Crippen molar-refractivity contribution in [2.75, 3.05) is 13.7 Å². The van der Waals surface area contributed by atoms with E-state index in [1.165, 1.54) is 7.11 Å². The minimum atomic E-state index is -0.110. The Morgan fingerprint density at radius 1 is 1.36 bits per heavy atom. The van der Waals surface area contributed by atoms with Gasteiger partial charge in [-0.2, -0.15) is 0 Å². The number of nitrogens with zero attached hydrogens (tertiary/aromatic N) is 3. The van der Waals surface area contributed by atoms with Gasteiger partial charge in [-0.05, 0) is 29.8 Å². The van der Waals surface area contributed by atoms with Gasteiger partial charge in [0.25, 0.3) is 0 Å². The van der Waals surface area contributed by atoms with E-state index in [-0.39, 0.29) is 22.9 Å². The van der Waals surface area contributed by atoms with Crippen LogP contribution in [-0.2, 0) is 0 Å². The Morgan fingerprint density at radius 3 is 2.92 bits per heavy atom. The molecule has 0 unspecified atom stereocenters. The number of aliphatic imine (C=N–C) groups is 1. The first kappa shape index (κ1) is 16.5. The molecule has 130 valence electrons. The van der Waals surface area contributed by atoms with Crippen LogP contribution in [0.1, 0.15) is 30.3 Å². The Balaban J connectivity index is 1.81. The fourth-order valence-corrected chi connectivity index (χ4v) is 4.71. The number of thioether (sulfide) groups is 1. The van der Waals surface area contributed by atoms with Gasteiger partial charge in [0, 0.05) is 18.0 Å². The van der Waals surface area contributed by atoms with E-state index in [1.807, 2.05) is 24.3 Å². The molecule has 0 spiro atoms. The molecule has 5 nitrogen and oxygen atoms in total. The van der Waals surface area contributed by atoms with E-state index < -0.39 is 0 Å². The number of aromatic nitrogens is 1. The van der Waals surface area contributed by atoms with Crippen molar-refractivity contribution < 1.29 is 9.84 Å². The molecular formula is C18H18ClN3O2S. The first-order valence-corrected chi connectivity index (χ1v) is 9.32. The average molecular weight is 376 g/mol. The first-order chi connectivity index (χ1) is 12.1. The third kappa shape index (κ3) is 2.83. The largest absolute Gasteiger partial charge is 0.503 e. The summed E-state index contributed by atoms with van der Waals surface area (Å²) in [6.07, 6.45) is 1.79. The van der Waals surface area contributed by atoms with Gasteiger partial charge in [-0.3, -0.25) is 9.98 Å². The van der Waals surface area contributed by atoms with Crippen LogP contribution in [0.5, 0.6) is 11.5 Å². The van der Waals surface area contributed by atoms with Gasteiger partial charge in [-0.1, -0.05) is 36.4 Å². The van der Waals surface area contributed by atoms with Crippen molar-refractivity contribution in [3.8, 4) is 11.5 Å². The monoisotopic (exact) mass is 375 g/mol. The molecule has 1 aromatic carbocycles. The second-order valence-corrected chi connectivity index (χ2v) is 8.00. The van der Waals surface area contributed by atoms with E-state index in [1.54, 1.807) is 24.0 Å². The van der Waals surface area contributed by atoms with Crippen molar-refractivity contribution in [2.45, 2.75) is 24.3 Å². The minimum absolute atomic E-state index is 0.0191. The Bertz CT molecular complexity index is 831. The van der Waals surface area contributed by atoms with Crippen molar-refractivity contribution >= 4 is 28.5 Å². The van der Waals surface area contributed by atoms with Crippen LogP contribution >= 0.6 is 23.4 Å². The van der Waals surface area contributed by atoms with E-state index in [2.05, 4.69) is 16.8 Å². The van der Waals surface area contributed by atoms with Crippen LogP contribution in [-0.4, -0.2) is 39.1 Å². The number of pyridine rings is 1. The van der Waals surface area contributed by atoms with E-state index in [0.29, 0.717) is 11.0 Å². The van der Waals surface area contributed by atoms with Gasteiger partial charge in [0.1, 0.15) is 6.04 Å². The lowest BCUT2D eigenvalue weighted by Crippen LogP contribution is -2.28. The summed E-state index contributed by atoms with van der Waals surface area (Å²) in [6.45, 7) is 3.11. The summed E-state index contributed by atoms with van der Waals surface area (Å²) in [6, 6.07) is 9.38. The number of benzene rings is 1. The van der Waals surface area contributed by atoms with Crippen LogP contribution in [0.4, 0.5) is 0 Å². The minimum Gasteiger partial charge on any atom is -0.503 e. The number of methoxy groups -OCH3 is 1. The number of phenolic OH excluding ortho intramolecular Hbond substituents is 1. The zero-order chi connectivity index (χ0) is 17.6. The molecule has 1 fully saturated rings. The molecule has 3 atom stereocenters. The smallest absolute Gasteiger partial charge is 0.176 e. The predicted molar refractivity (Wildman–Crippen MR) is 101 cm³/mol. The molecule has 0 saturated carbocycles. The van der Waals surface area contributed by atoms with Gasteiger partial charge in [0.2, 0.25) is 0 Å². The Kier molecular flexibility index (Phi) is 4.25. The van der Waals surface area contributed by atoms with Crippen LogP contribution in [0, 0.1) is 0 Å². The molecule has 2 aromatic rings. The van der Waals surface area contributed by atoms with Gasteiger partial charge in [-0.15, -0.1) is 0 Å². The number of aromatic hydroxyl groups is 1. The zero-order valence-corrected chi connectivity index (χ0v) is 15.5. The summed E-state index contributed by atoms with van der Waals surface area (Å²) in [5, 5.41) is 11.9. The molecule has 3 heterocycles. The quantitative estimate of drug-likeness (QED) is 0.877. The highest BCUT2D eigenvalue weighted by Crippen LogP contribution is 2.49. The van der Waals surface area contributed by atoms with Gasteiger partial charge in [0.15, 0.2) is 16.7 Å². The maximum Gasteiger partial charge on any atom is 0.176 e. The molecular weight excluding hydrogens is 358 g/mol. The lowest BCUT2D eigenvalue weighted by molar-refractivity contribution is 0.318. The van der Waals surface area contributed by atoms with Crippen molar-refractivity contribution in [1.82, 2.24) is 9.88 Å². The summed E-state index contributed by atoms with van der Waals surface area (Å²) in [4.78, 5) is 11.7. The summed E-state index contributed by atoms with van der Waals surface area (Å²) >= 11 is 8.02. The molecule has 4 rings (SSSR count). The third-order valence-electron chi connectivity index (χ3n) is 4.49. The fourth-order valence-electron chi connectivity index (χ4n) is 3.40. The van der Waals surface area contributed by atoms with Gasteiger partial charge < -0.3 is 14.7 Å². The first-order valence-electron chi connectivity index (χ1n) is 8.07. The van der Waals surface area contributed by atoms with Crippen LogP contribution in [0.2, 0.25) is 5.02 Å². The van der Waals surface area contributed by atoms with Gasteiger partial charge in [0.05, 0.1) is 23.9 Å². The fraction of sp³-hybridized carbons (Fsp3) is 0.333. The average Bonchev–Trinajstić information content (AvgIpc) is 3.14. The van der Waals surface area contributed by atoms with Crippen molar-refractivity contribution in [1.29, 1.82) is 0 Å². The number of phenols is 1. The lowest BCUT2D eigenvalue weighted by Gasteiger charge is -2.28. The maximum absolute atomic E-state index is 10.1. The Morgan fingerprint density at radius 2 is 2.20 bits per heavy atom.